The van der Waals surface area contributed by atoms with Gasteiger partial charge in [-0.15, -0.1) is 0 Å². The topological polar surface area (TPSA) is 80.6 Å². The Morgan fingerprint density at radius 2 is 1.89 bits per heavy atom. The molecular formula is C21H19BrN2O4. The van der Waals surface area contributed by atoms with E-state index < -0.39 is 11.9 Å². The zero-order valence-electron chi connectivity index (χ0n) is 15.2. The lowest BCUT2D eigenvalue weighted by atomic mass is 10.2. The van der Waals surface area contributed by atoms with Crippen LogP contribution in [0.2, 0.25) is 0 Å². The van der Waals surface area contributed by atoms with Crippen molar-refractivity contribution in [3.8, 4) is 0 Å². The summed E-state index contributed by atoms with van der Waals surface area (Å²) in [5.41, 5.74) is 2.53. The Morgan fingerprint density at radius 3 is 2.64 bits per heavy atom. The second-order valence-electron chi connectivity index (χ2n) is 6.06. The number of para-hydroxylation sites is 1. The summed E-state index contributed by atoms with van der Waals surface area (Å²) in [6.07, 6.45) is 1.59. The largest absolute Gasteiger partial charge is 0.467 e. The monoisotopic (exact) mass is 442 g/mol. The predicted octanol–water partition coefficient (Wildman–Crippen LogP) is 4.76. The van der Waals surface area contributed by atoms with Crippen molar-refractivity contribution in [3.63, 3.8) is 0 Å². The highest BCUT2D eigenvalue weighted by Gasteiger charge is 2.15. The molecule has 0 unspecified atom stereocenters. The number of esters is 1. The van der Waals surface area contributed by atoms with Gasteiger partial charge < -0.3 is 19.8 Å². The molecule has 7 heteroatoms. The Balaban J connectivity index is 1.57. The number of ether oxygens (including phenoxy) is 1. The van der Waals surface area contributed by atoms with Crippen LogP contribution in [0, 0.1) is 6.92 Å². The summed E-state index contributed by atoms with van der Waals surface area (Å²) < 4.78 is 11.4. The number of aryl methyl sites for hydroxylation is 1. The molecule has 0 saturated heterocycles. The van der Waals surface area contributed by atoms with E-state index in [2.05, 4.69) is 26.6 Å². The van der Waals surface area contributed by atoms with Crippen LogP contribution in [0.1, 0.15) is 21.7 Å². The van der Waals surface area contributed by atoms with Gasteiger partial charge >= 0.3 is 5.97 Å². The van der Waals surface area contributed by atoms with Crippen LogP contribution in [-0.2, 0) is 16.1 Å². The molecule has 0 saturated carbocycles. The van der Waals surface area contributed by atoms with Crippen LogP contribution in [0.4, 0.5) is 11.4 Å². The van der Waals surface area contributed by atoms with E-state index in [9.17, 15) is 9.59 Å². The van der Waals surface area contributed by atoms with Gasteiger partial charge in [0, 0.05) is 15.8 Å². The molecule has 0 spiro atoms. The van der Waals surface area contributed by atoms with Gasteiger partial charge in [0.1, 0.15) is 5.76 Å². The first-order valence-electron chi connectivity index (χ1n) is 8.61. The van der Waals surface area contributed by atoms with E-state index >= 15 is 0 Å². The molecule has 144 valence electrons. The van der Waals surface area contributed by atoms with E-state index in [0.717, 1.165) is 15.8 Å². The minimum Gasteiger partial charge on any atom is -0.467 e. The lowest BCUT2D eigenvalue weighted by molar-refractivity contribution is -0.119. The number of anilines is 2. The molecule has 2 N–H and O–H groups in total. The van der Waals surface area contributed by atoms with Gasteiger partial charge in [-0.3, -0.25) is 4.79 Å². The summed E-state index contributed by atoms with van der Waals surface area (Å²) in [7, 11) is 0. The SMILES string of the molecule is Cc1cc(Br)ccc1NC(=O)COC(=O)c1ccccc1NCc1ccco1. The molecular weight excluding hydrogens is 424 g/mol. The van der Waals surface area contributed by atoms with E-state index in [4.69, 9.17) is 9.15 Å². The number of carbonyl (C=O) groups is 2. The third-order valence-electron chi connectivity index (χ3n) is 3.98. The van der Waals surface area contributed by atoms with Gasteiger partial charge in [-0.25, -0.2) is 4.79 Å². The average molecular weight is 443 g/mol. The molecule has 0 aliphatic rings. The van der Waals surface area contributed by atoms with Crippen molar-refractivity contribution in [2.24, 2.45) is 0 Å². The van der Waals surface area contributed by atoms with Crippen LogP contribution in [0.25, 0.3) is 0 Å². The van der Waals surface area contributed by atoms with Crippen molar-refractivity contribution < 1.29 is 18.7 Å². The molecule has 0 aliphatic carbocycles. The average Bonchev–Trinajstić information content (AvgIpc) is 3.20. The molecule has 0 fully saturated rings. The lowest BCUT2D eigenvalue weighted by Crippen LogP contribution is -2.21. The summed E-state index contributed by atoms with van der Waals surface area (Å²) in [5, 5.41) is 5.87. The Morgan fingerprint density at radius 1 is 1.07 bits per heavy atom. The fraction of sp³-hybridized carbons (Fsp3) is 0.143. The molecule has 0 aliphatic heterocycles. The second kappa shape index (κ2) is 9.23. The van der Waals surface area contributed by atoms with Gasteiger partial charge in [0.25, 0.3) is 5.91 Å². The maximum atomic E-state index is 12.4. The maximum Gasteiger partial charge on any atom is 0.340 e. The van der Waals surface area contributed by atoms with Crippen LogP contribution in [0.3, 0.4) is 0 Å². The van der Waals surface area contributed by atoms with Gasteiger partial charge in [0.05, 0.1) is 18.4 Å². The molecule has 3 aromatic rings. The molecule has 0 radical (unpaired) electrons. The minimum atomic E-state index is -0.578. The Labute approximate surface area is 171 Å². The third-order valence-corrected chi connectivity index (χ3v) is 4.47. The van der Waals surface area contributed by atoms with Crippen LogP contribution in [0.15, 0.2) is 69.8 Å². The quantitative estimate of drug-likeness (QED) is 0.515. The molecule has 2 aromatic carbocycles. The zero-order valence-corrected chi connectivity index (χ0v) is 16.8. The highest BCUT2D eigenvalue weighted by molar-refractivity contribution is 9.10. The molecule has 0 bridgehead atoms. The van der Waals surface area contributed by atoms with E-state index in [1.165, 1.54) is 0 Å². The van der Waals surface area contributed by atoms with E-state index in [1.54, 1.807) is 36.6 Å². The van der Waals surface area contributed by atoms with Crippen molar-refractivity contribution in [1.29, 1.82) is 0 Å². The maximum absolute atomic E-state index is 12.4. The highest BCUT2D eigenvalue weighted by atomic mass is 79.9. The Kier molecular flexibility index (Phi) is 6.49. The number of benzene rings is 2. The summed E-state index contributed by atoms with van der Waals surface area (Å²) in [4.78, 5) is 24.5. The van der Waals surface area contributed by atoms with Crippen LogP contribution in [-0.4, -0.2) is 18.5 Å². The summed E-state index contributed by atoms with van der Waals surface area (Å²) in [5.74, 6) is -0.238. The molecule has 28 heavy (non-hydrogen) atoms. The summed E-state index contributed by atoms with van der Waals surface area (Å²) in [6.45, 7) is 1.94. The first-order valence-corrected chi connectivity index (χ1v) is 9.40. The van der Waals surface area contributed by atoms with E-state index in [0.29, 0.717) is 23.5 Å². The Hall–Kier alpha value is -3.06. The number of furan rings is 1. The minimum absolute atomic E-state index is 0.349. The highest BCUT2D eigenvalue weighted by Crippen LogP contribution is 2.20. The van der Waals surface area contributed by atoms with Crippen LogP contribution in [0.5, 0.6) is 0 Å². The van der Waals surface area contributed by atoms with E-state index in [-0.39, 0.29) is 6.61 Å². The fourth-order valence-electron chi connectivity index (χ4n) is 2.57. The summed E-state index contributed by atoms with van der Waals surface area (Å²) >= 11 is 3.38. The molecule has 1 heterocycles. The van der Waals surface area contributed by atoms with E-state index in [1.807, 2.05) is 31.2 Å². The van der Waals surface area contributed by atoms with Crippen molar-refractivity contribution >= 4 is 39.2 Å². The number of hydrogen-bond acceptors (Lipinski definition) is 5. The van der Waals surface area contributed by atoms with Crippen molar-refractivity contribution in [1.82, 2.24) is 0 Å². The number of carbonyl (C=O) groups excluding carboxylic acids is 2. The number of hydrogen-bond donors (Lipinski definition) is 2. The summed E-state index contributed by atoms with van der Waals surface area (Å²) in [6, 6.07) is 16.1. The Bertz CT molecular complexity index is 970. The standard InChI is InChI=1S/C21H19BrN2O4/c1-14-11-15(22)8-9-18(14)24-20(25)13-28-21(26)17-6-2-3-7-19(17)23-12-16-5-4-10-27-16/h2-11,23H,12-13H2,1H3,(H,24,25). The first kappa shape index (κ1) is 19.7. The first-order chi connectivity index (χ1) is 13.5. The predicted molar refractivity (Wildman–Crippen MR) is 110 cm³/mol. The van der Waals surface area contributed by atoms with Gasteiger partial charge in [-0.1, -0.05) is 28.1 Å². The molecule has 6 nitrogen and oxygen atoms in total. The van der Waals surface area contributed by atoms with Crippen molar-refractivity contribution in [3.05, 3.63) is 82.2 Å². The van der Waals surface area contributed by atoms with Crippen molar-refractivity contribution in [2.75, 3.05) is 17.2 Å². The normalized spacial score (nSPS) is 10.4. The number of amides is 1. The van der Waals surface area contributed by atoms with Crippen LogP contribution < -0.4 is 10.6 Å². The molecule has 1 aromatic heterocycles. The molecule has 0 atom stereocenters. The third kappa shape index (κ3) is 5.23. The van der Waals surface area contributed by atoms with Gasteiger partial charge in [0.15, 0.2) is 6.61 Å². The van der Waals surface area contributed by atoms with Gasteiger partial charge in [-0.2, -0.15) is 0 Å². The van der Waals surface area contributed by atoms with Crippen molar-refractivity contribution in [2.45, 2.75) is 13.5 Å². The number of nitrogens with one attached hydrogen (secondary N) is 2. The number of rotatable bonds is 7. The van der Waals surface area contributed by atoms with Crippen LogP contribution >= 0.6 is 15.9 Å². The molecule has 1 amide bonds. The van der Waals surface area contributed by atoms with Gasteiger partial charge in [-0.05, 0) is 55.0 Å². The van der Waals surface area contributed by atoms with Gasteiger partial charge in [0.2, 0.25) is 0 Å². The number of halogens is 1. The smallest absolute Gasteiger partial charge is 0.340 e. The fourth-order valence-corrected chi connectivity index (χ4v) is 3.05. The zero-order chi connectivity index (χ0) is 19.9. The second-order valence-corrected chi connectivity index (χ2v) is 6.98. The lowest BCUT2D eigenvalue weighted by Gasteiger charge is -2.12. The molecule has 3 rings (SSSR count).